The SMILES string of the molecule is COc1ccc2[nH]c(=O)c(C(c3nnnn3C(C)(C)C)N3CCN(c4cccc(Cl)c4)CC3)cc2c1. The van der Waals surface area contributed by atoms with E-state index in [-0.39, 0.29) is 11.1 Å². The number of aromatic nitrogens is 5. The Labute approximate surface area is 214 Å². The molecule has 1 aliphatic heterocycles. The zero-order valence-electron chi connectivity index (χ0n) is 20.9. The Kier molecular flexibility index (Phi) is 6.44. The molecule has 0 amide bonds. The van der Waals surface area contributed by atoms with E-state index in [0.29, 0.717) is 11.4 Å². The Balaban J connectivity index is 1.56. The molecule has 4 aromatic rings. The second kappa shape index (κ2) is 9.55. The van der Waals surface area contributed by atoms with E-state index in [9.17, 15) is 4.79 Å². The van der Waals surface area contributed by atoms with Gasteiger partial charge < -0.3 is 14.6 Å². The number of hydrogen-bond acceptors (Lipinski definition) is 7. The Morgan fingerprint density at radius 1 is 1.06 bits per heavy atom. The van der Waals surface area contributed by atoms with Crippen LogP contribution in [-0.4, -0.2) is 63.4 Å². The molecule has 1 saturated heterocycles. The van der Waals surface area contributed by atoms with Crippen molar-refractivity contribution in [3.63, 3.8) is 0 Å². The van der Waals surface area contributed by atoms with Crippen LogP contribution >= 0.6 is 11.6 Å². The van der Waals surface area contributed by atoms with Crippen molar-refractivity contribution in [2.75, 3.05) is 38.2 Å². The summed E-state index contributed by atoms with van der Waals surface area (Å²) in [4.78, 5) is 21.1. The lowest BCUT2D eigenvalue weighted by Gasteiger charge is -2.40. The normalized spacial score (nSPS) is 15.9. The third kappa shape index (κ3) is 4.68. The second-order valence-corrected chi connectivity index (χ2v) is 10.5. The summed E-state index contributed by atoms with van der Waals surface area (Å²) in [5.74, 6) is 1.37. The number of rotatable bonds is 5. The first-order valence-electron chi connectivity index (χ1n) is 12.0. The summed E-state index contributed by atoms with van der Waals surface area (Å²) in [5, 5.41) is 14.3. The average Bonchev–Trinajstić information content (AvgIpc) is 3.35. The van der Waals surface area contributed by atoms with E-state index in [4.69, 9.17) is 16.3 Å². The van der Waals surface area contributed by atoms with Gasteiger partial charge in [-0.1, -0.05) is 17.7 Å². The topological polar surface area (TPSA) is 92.2 Å². The van der Waals surface area contributed by atoms with Gasteiger partial charge in [0.05, 0.1) is 12.6 Å². The Bertz CT molecular complexity index is 1430. The van der Waals surface area contributed by atoms with Gasteiger partial charge in [0, 0.05) is 53.4 Å². The maximum atomic E-state index is 13.4. The van der Waals surface area contributed by atoms with E-state index in [1.807, 2.05) is 47.1 Å². The molecular weight excluding hydrogens is 478 g/mol. The smallest absolute Gasteiger partial charge is 0.253 e. The van der Waals surface area contributed by atoms with E-state index >= 15 is 0 Å². The monoisotopic (exact) mass is 507 g/mol. The quantitative estimate of drug-likeness (QED) is 0.438. The van der Waals surface area contributed by atoms with Crippen molar-refractivity contribution in [1.29, 1.82) is 0 Å². The van der Waals surface area contributed by atoms with Gasteiger partial charge in [-0.2, -0.15) is 0 Å². The first-order chi connectivity index (χ1) is 17.2. The first-order valence-corrected chi connectivity index (χ1v) is 12.4. The summed E-state index contributed by atoms with van der Waals surface area (Å²) >= 11 is 6.23. The fourth-order valence-electron chi connectivity index (χ4n) is 4.78. The van der Waals surface area contributed by atoms with Crippen molar-refractivity contribution in [2.45, 2.75) is 32.4 Å². The molecule has 3 heterocycles. The highest BCUT2D eigenvalue weighted by Crippen LogP contribution is 2.31. The molecular formula is C26H30ClN7O2. The lowest BCUT2D eigenvalue weighted by molar-refractivity contribution is 0.190. The van der Waals surface area contributed by atoms with E-state index in [2.05, 4.69) is 57.1 Å². The van der Waals surface area contributed by atoms with Crippen LogP contribution in [-0.2, 0) is 5.54 Å². The van der Waals surface area contributed by atoms with Gasteiger partial charge in [-0.05, 0) is 73.7 Å². The third-order valence-electron chi connectivity index (χ3n) is 6.60. The summed E-state index contributed by atoms with van der Waals surface area (Å²) in [6.45, 7) is 9.18. The highest BCUT2D eigenvalue weighted by molar-refractivity contribution is 6.30. The zero-order valence-corrected chi connectivity index (χ0v) is 21.7. The Morgan fingerprint density at radius 2 is 1.83 bits per heavy atom. The molecule has 1 atom stereocenters. The fraction of sp³-hybridized carbons (Fsp3) is 0.385. The number of aromatic amines is 1. The maximum absolute atomic E-state index is 13.4. The number of ether oxygens (including phenoxy) is 1. The summed E-state index contributed by atoms with van der Waals surface area (Å²) in [5.41, 5.74) is 1.94. The number of nitrogens with zero attached hydrogens (tertiary/aromatic N) is 6. The van der Waals surface area contributed by atoms with Gasteiger partial charge in [0.1, 0.15) is 11.8 Å². The maximum Gasteiger partial charge on any atom is 0.253 e. The lowest BCUT2D eigenvalue weighted by atomic mass is 10.0. The van der Waals surface area contributed by atoms with Crippen LogP contribution in [0.1, 0.15) is 38.2 Å². The number of methoxy groups -OCH3 is 1. The van der Waals surface area contributed by atoms with Gasteiger partial charge in [0.25, 0.3) is 5.56 Å². The molecule has 10 heteroatoms. The number of anilines is 1. The highest BCUT2D eigenvalue weighted by Gasteiger charge is 2.35. The molecule has 2 aromatic heterocycles. The molecule has 0 bridgehead atoms. The predicted molar refractivity (Wildman–Crippen MR) is 141 cm³/mol. The van der Waals surface area contributed by atoms with Crippen LogP contribution in [0.4, 0.5) is 5.69 Å². The molecule has 1 N–H and O–H groups in total. The van der Waals surface area contributed by atoms with Crippen molar-refractivity contribution >= 4 is 28.2 Å². The van der Waals surface area contributed by atoms with E-state index in [0.717, 1.165) is 53.5 Å². The van der Waals surface area contributed by atoms with Crippen LogP contribution in [0.5, 0.6) is 5.75 Å². The molecule has 5 rings (SSSR count). The van der Waals surface area contributed by atoms with Gasteiger partial charge in [0.15, 0.2) is 5.82 Å². The largest absolute Gasteiger partial charge is 0.497 e. The predicted octanol–water partition coefficient (Wildman–Crippen LogP) is 3.84. The Morgan fingerprint density at radius 3 is 2.53 bits per heavy atom. The molecule has 1 unspecified atom stereocenters. The number of pyridine rings is 1. The molecule has 1 aliphatic rings. The van der Waals surface area contributed by atoms with Gasteiger partial charge in [0.2, 0.25) is 0 Å². The number of fused-ring (bicyclic) bond motifs is 1. The van der Waals surface area contributed by atoms with E-state index < -0.39 is 6.04 Å². The minimum atomic E-state index is -0.417. The number of halogens is 1. The lowest BCUT2D eigenvalue weighted by Crippen LogP contribution is -2.49. The third-order valence-corrected chi connectivity index (χ3v) is 6.84. The number of hydrogen-bond donors (Lipinski definition) is 1. The highest BCUT2D eigenvalue weighted by atomic mass is 35.5. The van der Waals surface area contributed by atoms with Crippen LogP contribution in [0.25, 0.3) is 10.9 Å². The second-order valence-electron chi connectivity index (χ2n) is 10.0. The number of piperazine rings is 1. The molecule has 0 saturated carbocycles. The van der Waals surface area contributed by atoms with Crippen molar-refractivity contribution in [3.8, 4) is 5.75 Å². The molecule has 0 spiro atoms. The Hall–Kier alpha value is -3.43. The van der Waals surface area contributed by atoms with Crippen molar-refractivity contribution in [3.05, 3.63) is 75.3 Å². The van der Waals surface area contributed by atoms with Crippen LogP contribution in [0.3, 0.4) is 0 Å². The summed E-state index contributed by atoms with van der Waals surface area (Å²) < 4.78 is 7.23. The van der Waals surface area contributed by atoms with Gasteiger partial charge in [-0.25, -0.2) is 4.68 Å². The molecule has 0 radical (unpaired) electrons. The van der Waals surface area contributed by atoms with Crippen molar-refractivity contribution in [1.82, 2.24) is 30.1 Å². The minimum absolute atomic E-state index is 0.154. The molecule has 36 heavy (non-hydrogen) atoms. The zero-order chi connectivity index (χ0) is 25.4. The minimum Gasteiger partial charge on any atom is -0.497 e. The van der Waals surface area contributed by atoms with Crippen LogP contribution in [0, 0.1) is 0 Å². The molecule has 2 aromatic carbocycles. The summed E-state index contributed by atoms with van der Waals surface area (Å²) in [6, 6.07) is 15.0. The van der Waals surface area contributed by atoms with Gasteiger partial charge in [-0.3, -0.25) is 9.69 Å². The molecule has 1 fully saturated rings. The number of H-pyrrole nitrogens is 1. The van der Waals surface area contributed by atoms with Crippen LogP contribution in [0.15, 0.2) is 53.3 Å². The number of nitrogens with one attached hydrogen (secondary N) is 1. The van der Waals surface area contributed by atoms with Crippen LogP contribution < -0.4 is 15.2 Å². The fourth-order valence-corrected chi connectivity index (χ4v) is 4.97. The van der Waals surface area contributed by atoms with E-state index in [1.54, 1.807) is 7.11 Å². The standard InChI is InChI=1S/C26H30ClN7O2/c1-26(2,3)34-24(29-30-31-34)23(21-15-17-14-20(36-4)8-9-22(17)28-25(21)35)33-12-10-32(11-13-33)19-7-5-6-18(27)16-19/h5-9,14-16,23H,10-13H2,1-4H3,(H,28,35). The molecule has 9 nitrogen and oxygen atoms in total. The first kappa shape index (κ1) is 24.3. The molecule has 0 aliphatic carbocycles. The van der Waals surface area contributed by atoms with E-state index in [1.165, 1.54) is 0 Å². The number of benzene rings is 2. The van der Waals surface area contributed by atoms with Crippen molar-refractivity contribution in [2.24, 2.45) is 0 Å². The van der Waals surface area contributed by atoms with Gasteiger partial charge in [-0.15, -0.1) is 5.10 Å². The molecule has 188 valence electrons. The number of tetrazole rings is 1. The summed E-state index contributed by atoms with van der Waals surface area (Å²) in [7, 11) is 1.63. The van der Waals surface area contributed by atoms with Crippen LogP contribution in [0.2, 0.25) is 5.02 Å². The van der Waals surface area contributed by atoms with Gasteiger partial charge >= 0.3 is 0 Å². The average molecular weight is 508 g/mol. The van der Waals surface area contributed by atoms with Crippen molar-refractivity contribution < 1.29 is 4.74 Å². The summed E-state index contributed by atoms with van der Waals surface area (Å²) in [6.07, 6.45) is 0.